The molecule has 1 heterocycles. The third-order valence-corrected chi connectivity index (χ3v) is 1.85. The van der Waals surface area contributed by atoms with E-state index in [1.54, 1.807) is 35.1 Å². The summed E-state index contributed by atoms with van der Waals surface area (Å²) >= 11 is 0. The Hall–Kier alpha value is -1.78. The Morgan fingerprint density at radius 1 is 1.62 bits per heavy atom. The second kappa shape index (κ2) is 5.34. The van der Waals surface area contributed by atoms with Crippen LogP contribution in [-0.2, 0) is 9.53 Å². The third-order valence-electron chi connectivity index (χ3n) is 1.85. The van der Waals surface area contributed by atoms with E-state index in [-0.39, 0.29) is 5.97 Å². The number of carbonyl (C=O) groups is 1. The van der Waals surface area contributed by atoms with Gasteiger partial charge in [0.05, 0.1) is 18.6 Å². The molecule has 16 heavy (non-hydrogen) atoms. The first-order chi connectivity index (χ1) is 7.54. The van der Waals surface area contributed by atoms with Gasteiger partial charge in [-0.15, -0.1) is 0 Å². The average molecular weight is 223 g/mol. The van der Waals surface area contributed by atoms with Crippen LogP contribution in [0.5, 0.6) is 0 Å². The van der Waals surface area contributed by atoms with Gasteiger partial charge in [-0.3, -0.25) is 4.57 Å². The Morgan fingerprint density at radius 3 is 2.75 bits per heavy atom. The van der Waals surface area contributed by atoms with Gasteiger partial charge < -0.3 is 9.64 Å². The average Bonchev–Trinajstić information content (AvgIpc) is 2.61. The molecule has 5 nitrogen and oxygen atoms in total. The molecule has 1 aromatic heterocycles. The van der Waals surface area contributed by atoms with E-state index in [9.17, 15) is 4.79 Å². The standard InChI is InChI=1S/C11H17N3O2/c1-5-16-11(15)10(7-13(3)4)14-6-9(2)12-8-14/h6-8H,5H2,1-4H3/b10-7+. The van der Waals surface area contributed by atoms with Gasteiger partial charge >= 0.3 is 5.97 Å². The minimum absolute atomic E-state index is 0.353. The van der Waals surface area contributed by atoms with E-state index in [0.717, 1.165) is 5.69 Å². The lowest BCUT2D eigenvalue weighted by molar-refractivity contribution is -0.136. The fraction of sp³-hybridized carbons (Fsp3) is 0.455. The van der Waals surface area contributed by atoms with Crippen molar-refractivity contribution in [3.05, 3.63) is 24.4 Å². The quantitative estimate of drug-likeness (QED) is 0.567. The van der Waals surface area contributed by atoms with Gasteiger partial charge in [0.25, 0.3) is 0 Å². The van der Waals surface area contributed by atoms with E-state index in [2.05, 4.69) is 4.98 Å². The Bertz CT molecular complexity index is 394. The van der Waals surface area contributed by atoms with E-state index in [0.29, 0.717) is 12.3 Å². The van der Waals surface area contributed by atoms with Crippen LogP contribution < -0.4 is 0 Å². The summed E-state index contributed by atoms with van der Waals surface area (Å²) in [5.74, 6) is -0.353. The molecule has 5 heteroatoms. The zero-order valence-electron chi connectivity index (χ0n) is 10.1. The number of rotatable bonds is 4. The molecule has 0 fully saturated rings. The van der Waals surface area contributed by atoms with Gasteiger partial charge in [0.1, 0.15) is 5.70 Å². The fourth-order valence-electron chi connectivity index (χ4n) is 1.23. The van der Waals surface area contributed by atoms with E-state index < -0.39 is 0 Å². The van der Waals surface area contributed by atoms with Crippen molar-refractivity contribution in [1.29, 1.82) is 0 Å². The van der Waals surface area contributed by atoms with Gasteiger partial charge in [0.2, 0.25) is 0 Å². The molecule has 0 radical (unpaired) electrons. The SMILES string of the molecule is CCOC(=O)/C(=C\N(C)C)n1cnc(C)c1. The largest absolute Gasteiger partial charge is 0.461 e. The second-order valence-corrected chi connectivity index (χ2v) is 3.62. The van der Waals surface area contributed by atoms with E-state index in [1.807, 2.05) is 21.0 Å². The van der Waals surface area contributed by atoms with Gasteiger partial charge in [-0.2, -0.15) is 0 Å². The molecule has 0 spiro atoms. The highest BCUT2D eigenvalue weighted by atomic mass is 16.5. The number of esters is 1. The molecule has 0 unspecified atom stereocenters. The molecule has 0 atom stereocenters. The molecule has 0 N–H and O–H groups in total. The molecule has 0 amide bonds. The minimum Gasteiger partial charge on any atom is -0.461 e. The summed E-state index contributed by atoms with van der Waals surface area (Å²) in [4.78, 5) is 17.6. The first-order valence-electron chi connectivity index (χ1n) is 5.11. The van der Waals surface area contributed by atoms with Crippen molar-refractivity contribution in [1.82, 2.24) is 14.5 Å². The number of imidazole rings is 1. The lowest BCUT2D eigenvalue weighted by atomic mass is 10.4. The number of ether oxygens (including phenoxy) is 1. The first-order valence-corrected chi connectivity index (χ1v) is 5.11. The normalized spacial score (nSPS) is 11.4. The number of hydrogen-bond acceptors (Lipinski definition) is 4. The van der Waals surface area contributed by atoms with Crippen LogP contribution in [0.4, 0.5) is 0 Å². The van der Waals surface area contributed by atoms with E-state index >= 15 is 0 Å². The number of carbonyl (C=O) groups excluding carboxylic acids is 1. The Labute approximate surface area is 95.3 Å². The smallest absolute Gasteiger partial charge is 0.356 e. The lowest BCUT2D eigenvalue weighted by Crippen LogP contribution is -2.15. The molecule has 1 rings (SSSR count). The van der Waals surface area contributed by atoms with Crippen LogP contribution in [-0.4, -0.2) is 41.1 Å². The van der Waals surface area contributed by atoms with Crippen LogP contribution >= 0.6 is 0 Å². The molecule has 0 aliphatic rings. The van der Waals surface area contributed by atoms with Crippen LogP contribution in [0.2, 0.25) is 0 Å². The molecule has 0 aliphatic heterocycles. The number of hydrogen-bond donors (Lipinski definition) is 0. The maximum atomic E-state index is 11.7. The third kappa shape index (κ3) is 3.12. The van der Waals surface area contributed by atoms with Crippen LogP contribution in [0.3, 0.4) is 0 Å². The second-order valence-electron chi connectivity index (χ2n) is 3.62. The van der Waals surface area contributed by atoms with Gasteiger partial charge in [-0.25, -0.2) is 9.78 Å². The van der Waals surface area contributed by atoms with Crippen LogP contribution in [0.25, 0.3) is 5.70 Å². The molecular formula is C11H17N3O2. The van der Waals surface area contributed by atoms with Crippen molar-refractivity contribution in [2.75, 3.05) is 20.7 Å². The van der Waals surface area contributed by atoms with Gasteiger partial charge in [-0.1, -0.05) is 0 Å². The summed E-state index contributed by atoms with van der Waals surface area (Å²) in [6.07, 6.45) is 5.09. The highest BCUT2D eigenvalue weighted by molar-refractivity contribution is 6.09. The molecule has 0 aromatic carbocycles. The molecular weight excluding hydrogens is 206 g/mol. The highest BCUT2D eigenvalue weighted by Gasteiger charge is 2.13. The summed E-state index contributed by atoms with van der Waals surface area (Å²) in [6, 6.07) is 0. The van der Waals surface area contributed by atoms with Gasteiger partial charge in [-0.05, 0) is 13.8 Å². The summed E-state index contributed by atoms with van der Waals surface area (Å²) in [5.41, 5.74) is 1.31. The van der Waals surface area contributed by atoms with Gasteiger partial charge in [0.15, 0.2) is 0 Å². The van der Waals surface area contributed by atoms with Crippen molar-refractivity contribution in [2.45, 2.75) is 13.8 Å². The summed E-state index contributed by atoms with van der Waals surface area (Å²) in [7, 11) is 3.70. The minimum atomic E-state index is -0.353. The zero-order valence-corrected chi connectivity index (χ0v) is 10.1. The predicted molar refractivity (Wildman–Crippen MR) is 61.6 cm³/mol. The zero-order chi connectivity index (χ0) is 12.1. The van der Waals surface area contributed by atoms with Gasteiger partial charge in [0, 0.05) is 26.5 Å². The van der Waals surface area contributed by atoms with Crippen molar-refractivity contribution in [3.63, 3.8) is 0 Å². The maximum Gasteiger partial charge on any atom is 0.356 e. The summed E-state index contributed by atoms with van der Waals surface area (Å²) < 4.78 is 6.65. The van der Waals surface area contributed by atoms with Crippen LogP contribution in [0, 0.1) is 6.92 Å². The molecule has 88 valence electrons. The Balaban J connectivity index is 3.01. The topological polar surface area (TPSA) is 47.4 Å². The molecule has 0 saturated heterocycles. The first kappa shape index (κ1) is 12.3. The molecule has 0 bridgehead atoms. The maximum absolute atomic E-state index is 11.7. The molecule has 0 saturated carbocycles. The van der Waals surface area contributed by atoms with Crippen LogP contribution in [0.15, 0.2) is 18.7 Å². The number of nitrogens with zero attached hydrogens (tertiary/aromatic N) is 3. The number of aryl methyl sites for hydroxylation is 1. The highest BCUT2D eigenvalue weighted by Crippen LogP contribution is 2.09. The van der Waals surface area contributed by atoms with E-state index in [1.165, 1.54) is 0 Å². The summed E-state index contributed by atoms with van der Waals surface area (Å²) in [5, 5.41) is 0. The fourth-order valence-corrected chi connectivity index (χ4v) is 1.23. The van der Waals surface area contributed by atoms with Crippen molar-refractivity contribution >= 4 is 11.7 Å². The summed E-state index contributed by atoms with van der Waals surface area (Å²) in [6.45, 7) is 4.01. The lowest BCUT2D eigenvalue weighted by Gasteiger charge is -2.11. The van der Waals surface area contributed by atoms with Crippen molar-refractivity contribution < 1.29 is 9.53 Å². The van der Waals surface area contributed by atoms with Crippen LogP contribution in [0.1, 0.15) is 12.6 Å². The monoisotopic (exact) mass is 223 g/mol. The predicted octanol–water partition coefficient (Wildman–Crippen LogP) is 1.11. The molecule has 1 aromatic rings. The Morgan fingerprint density at radius 2 is 2.31 bits per heavy atom. The Kier molecular flexibility index (Phi) is 4.10. The number of aromatic nitrogens is 2. The van der Waals surface area contributed by atoms with E-state index in [4.69, 9.17) is 4.74 Å². The van der Waals surface area contributed by atoms with Crippen molar-refractivity contribution in [2.24, 2.45) is 0 Å². The molecule has 0 aliphatic carbocycles. The van der Waals surface area contributed by atoms with Crippen molar-refractivity contribution in [3.8, 4) is 0 Å².